The average molecular weight is 508 g/mol. The summed E-state index contributed by atoms with van der Waals surface area (Å²) in [6.07, 6.45) is 3.29. The highest BCUT2D eigenvalue weighted by molar-refractivity contribution is 6.05. The van der Waals surface area contributed by atoms with Crippen LogP contribution in [0.3, 0.4) is 0 Å². The molecule has 190 valence electrons. The maximum atomic E-state index is 14.0. The predicted octanol–water partition coefficient (Wildman–Crippen LogP) is 5.95. The number of benzene rings is 2. The van der Waals surface area contributed by atoms with Gasteiger partial charge in [0.2, 0.25) is 0 Å². The molecule has 0 fully saturated rings. The fourth-order valence-corrected chi connectivity index (χ4v) is 4.26. The topological polar surface area (TPSA) is 87.8 Å². The van der Waals surface area contributed by atoms with Crippen molar-refractivity contribution in [1.29, 1.82) is 0 Å². The fraction of sp³-hybridized carbons (Fsp3) is 0.138. The molecule has 5 rings (SSSR count). The summed E-state index contributed by atoms with van der Waals surface area (Å²) in [6, 6.07) is 17.4. The number of amides is 1. The summed E-state index contributed by atoms with van der Waals surface area (Å²) in [5.41, 5.74) is 5.96. The van der Waals surface area contributed by atoms with Crippen molar-refractivity contribution in [3.63, 3.8) is 0 Å². The zero-order valence-corrected chi connectivity index (χ0v) is 21.3. The summed E-state index contributed by atoms with van der Waals surface area (Å²) in [5.74, 6) is -0.242. The first-order chi connectivity index (χ1) is 18.4. The van der Waals surface area contributed by atoms with Gasteiger partial charge in [0.15, 0.2) is 5.65 Å². The number of halogens is 1. The van der Waals surface area contributed by atoms with E-state index in [2.05, 4.69) is 27.1 Å². The number of fused-ring (bicyclic) bond motifs is 1. The van der Waals surface area contributed by atoms with Crippen LogP contribution in [0.2, 0.25) is 0 Å². The second-order valence-corrected chi connectivity index (χ2v) is 8.83. The minimum atomic E-state index is -0.323. The van der Waals surface area contributed by atoms with Crippen LogP contribution in [0, 0.1) is 12.7 Å². The normalized spacial score (nSPS) is 10.9. The van der Waals surface area contributed by atoms with Crippen LogP contribution in [0.25, 0.3) is 28.2 Å². The quantitative estimate of drug-likeness (QED) is 0.275. The molecule has 5 aromatic rings. The molecular formula is C29H26FN7O. The summed E-state index contributed by atoms with van der Waals surface area (Å²) < 4.78 is 15.7. The Balaban J connectivity index is 1.52. The average Bonchev–Trinajstić information content (AvgIpc) is 3.33. The van der Waals surface area contributed by atoms with E-state index in [1.165, 1.54) is 6.07 Å². The smallest absolute Gasteiger partial charge is 0.256 e. The van der Waals surface area contributed by atoms with Gasteiger partial charge in [-0.3, -0.25) is 9.79 Å². The summed E-state index contributed by atoms with van der Waals surface area (Å²) >= 11 is 0. The Bertz CT molecular complexity index is 1680. The maximum absolute atomic E-state index is 14.0. The molecule has 0 atom stereocenters. The Morgan fingerprint density at radius 3 is 2.71 bits per heavy atom. The van der Waals surface area contributed by atoms with Crippen molar-refractivity contribution in [2.24, 2.45) is 4.99 Å². The summed E-state index contributed by atoms with van der Waals surface area (Å²) in [6.45, 7) is 8.19. The Kier molecular flexibility index (Phi) is 6.66. The van der Waals surface area contributed by atoms with E-state index in [1.54, 1.807) is 60.2 Å². The van der Waals surface area contributed by atoms with Gasteiger partial charge in [-0.05, 0) is 86.8 Å². The Morgan fingerprint density at radius 2 is 1.95 bits per heavy atom. The van der Waals surface area contributed by atoms with Gasteiger partial charge in [-0.1, -0.05) is 0 Å². The predicted molar refractivity (Wildman–Crippen MR) is 149 cm³/mol. The number of pyridine rings is 1. The van der Waals surface area contributed by atoms with Gasteiger partial charge >= 0.3 is 0 Å². The number of rotatable bonds is 7. The van der Waals surface area contributed by atoms with E-state index in [4.69, 9.17) is 4.98 Å². The minimum Gasteiger partial charge on any atom is -0.373 e. The zero-order chi connectivity index (χ0) is 26.8. The molecule has 38 heavy (non-hydrogen) atoms. The van der Waals surface area contributed by atoms with E-state index in [1.807, 2.05) is 37.1 Å². The molecular weight excluding hydrogens is 481 g/mol. The number of aliphatic imine (C=N–C) groups is 1. The van der Waals surface area contributed by atoms with Crippen LogP contribution in [0.1, 0.15) is 22.8 Å². The van der Waals surface area contributed by atoms with Crippen LogP contribution in [0.4, 0.5) is 21.6 Å². The highest BCUT2D eigenvalue weighted by Crippen LogP contribution is 2.34. The van der Waals surface area contributed by atoms with Gasteiger partial charge in [-0.15, -0.1) is 0 Å². The van der Waals surface area contributed by atoms with Gasteiger partial charge in [-0.25, -0.2) is 18.9 Å². The van der Waals surface area contributed by atoms with Crippen molar-refractivity contribution in [1.82, 2.24) is 19.6 Å². The molecule has 0 bridgehead atoms. The molecule has 1 N–H and O–H groups in total. The second-order valence-electron chi connectivity index (χ2n) is 8.83. The number of carbonyl (C=O) groups excluding carboxylic acids is 1. The Hall–Kier alpha value is -4.92. The molecule has 2 aromatic carbocycles. The van der Waals surface area contributed by atoms with Crippen molar-refractivity contribution in [2.75, 3.05) is 23.8 Å². The number of carbonyl (C=O) groups is 1. The molecule has 8 nitrogen and oxygen atoms in total. The summed E-state index contributed by atoms with van der Waals surface area (Å²) in [4.78, 5) is 28.3. The number of hydrogen-bond donors (Lipinski definition) is 1. The standard InChI is InChI=1S/C29H26FN7O/c1-5-36(4)24-11-9-21(16-23(24)31-3)29(38)34-25-17-20(12-14-32-25)28-27(19-8-10-22(30)18(2)15-19)35-26-7-6-13-33-37(26)28/h6-17H,3,5H2,1-2,4H3,(H,32,34,38). The van der Waals surface area contributed by atoms with E-state index in [0.717, 1.165) is 23.4 Å². The number of nitrogens with zero attached hydrogens (tertiary/aromatic N) is 6. The van der Waals surface area contributed by atoms with Gasteiger partial charge in [0, 0.05) is 42.7 Å². The summed E-state index contributed by atoms with van der Waals surface area (Å²) in [5, 5.41) is 7.36. The Labute approximate surface area is 219 Å². The maximum Gasteiger partial charge on any atom is 0.256 e. The minimum absolute atomic E-state index is 0.282. The third-order valence-electron chi connectivity index (χ3n) is 6.39. The largest absolute Gasteiger partial charge is 0.373 e. The monoisotopic (exact) mass is 507 g/mol. The Morgan fingerprint density at radius 1 is 1.11 bits per heavy atom. The summed E-state index contributed by atoms with van der Waals surface area (Å²) in [7, 11) is 1.95. The van der Waals surface area contributed by atoms with Crippen LogP contribution >= 0.6 is 0 Å². The van der Waals surface area contributed by atoms with E-state index in [0.29, 0.717) is 39.7 Å². The van der Waals surface area contributed by atoms with Crippen molar-refractivity contribution in [2.45, 2.75) is 13.8 Å². The number of imidazole rings is 1. The molecule has 0 radical (unpaired) electrons. The first-order valence-electron chi connectivity index (χ1n) is 12.1. The lowest BCUT2D eigenvalue weighted by atomic mass is 10.0. The molecule has 9 heteroatoms. The molecule has 3 heterocycles. The molecule has 0 aliphatic rings. The SMILES string of the molecule is C=Nc1cc(C(=O)Nc2cc(-c3c(-c4ccc(F)c(C)c4)nc4cccnn34)ccn2)ccc1N(C)CC. The van der Waals surface area contributed by atoms with Gasteiger partial charge in [0.25, 0.3) is 5.91 Å². The van der Waals surface area contributed by atoms with Gasteiger partial charge in [0.05, 0.1) is 17.1 Å². The molecule has 3 aromatic heterocycles. The van der Waals surface area contributed by atoms with Gasteiger partial charge in [-0.2, -0.15) is 5.10 Å². The number of nitrogens with one attached hydrogen (secondary N) is 1. The molecule has 0 spiro atoms. The molecule has 0 saturated heterocycles. The number of anilines is 2. The third-order valence-corrected chi connectivity index (χ3v) is 6.39. The van der Waals surface area contributed by atoms with Crippen LogP contribution in [-0.4, -0.2) is 45.8 Å². The lowest BCUT2D eigenvalue weighted by Gasteiger charge is -2.19. The van der Waals surface area contributed by atoms with Crippen LogP contribution in [0.5, 0.6) is 0 Å². The molecule has 0 unspecified atom stereocenters. The van der Waals surface area contributed by atoms with E-state index >= 15 is 0 Å². The molecule has 0 aliphatic carbocycles. The number of aromatic nitrogens is 4. The second kappa shape index (κ2) is 10.2. The highest BCUT2D eigenvalue weighted by atomic mass is 19.1. The van der Waals surface area contributed by atoms with Crippen LogP contribution < -0.4 is 10.2 Å². The van der Waals surface area contributed by atoms with Gasteiger partial charge < -0.3 is 10.2 Å². The molecule has 1 amide bonds. The van der Waals surface area contributed by atoms with Crippen molar-refractivity contribution in [3.8, 4) is 22.5 Å². The van der Waals surface area contributed by atoms with E-state index in [-0.39, 0.29) is 11.7 Å². The molecule has 0 aliphatic heterocycles. The van der Waals surface area contributed by atoms with E-state index < -0.39 is 0 Å². The zero-order valence-electron chi connectivity index (χ0n) is 21.3. The van der Waals surface area contributed by atoms with Crippen LogP contribution in [-0.2, 0) is 0 Å². The fourth-order valence-electron chi connectivity index (χ4n) is 4.26. The van der Waals surface area contributed by atoms with Crippen LogP contribution in [0.15, 0.2) is 78.0 Å². The third kappa shape index (κ3) is 4.61. The van der Waals surface area contributed by atoms with E-state index in [9.17, 15) is 9.18 Å². The van der Waals surface area contributed by atoms with Crippen molar-refractivity contribution < 1.29 is 9.18 Å². The number of hydrogen-bond acceptors (Lipinski definition) is 6. The van der Waals surface area contributed by atoms with Gasteiger partial charge in [0.1, 0.15) is 17.3 Å². The first kappa shape index (κ1) is 24.8. The number of aryl methyl sites for hydroxylation is 1. The lowest BCUT2D eigenvalue weighted by Crippen LogP contribution is -2.17. The first-order valence-corrected chi connectivity index (χ1v) is 12.1. The lowest BCUT2D eigenvalue weighted by molar-refractivity contribution is 0.102. The van der Waals surface area contributed by atoms with Crippen molar-refractivity contribution in [3.05, 3.63) is 90.0 Å². The van der Waals surface area contributed by atoms with Crippen molar-refractivity contribution >= 4 is 35.5 Å². The highest BCUT2D eigenvalue weighted by Gasteiger charge is 2.19. The molecule has 0 saturated carbocycles.